The molecule has 0 atom stereocenters. The normalized spacial score (nSPS) is 10.8. The number of nitrogens with one attached hydrogen (secondary N) is 2. The van der Waals surface area contributed by atoms with Crippen molar-refractivity contribution >= 4 is 27.1 Å². The van der Waals surface area contributed by atoms with Crippen LogP contribution in [0.4, 0.5) is 17.1 Å². The minimum absolute atomic E-state index is 0.493. The minimum atomic E-state index is -3.29. The van der Waals surface area contributed by atoms with Crippen LogP contribution in [0.3, 0.4) is 0 Å². The molecule has 0 saturated carbocycles. The molecule has 0 radical (unpaired) electrons. The third kappa shape index (κ3) is 4.45. The summed E-state index contributed by atoms with van der Waals surface area (Å²) >= 11 is 0. The number of benzene rings is 2. The lowest BCUT2D eigenvalue weighted by atomic mass is 10.2. The van der Waals surface area contributed by atoms with E-state index in [9.17, 15) is 8.42 Å². The fourth-order valence-corrected chi connectivity index (χ4v) is 2.72. The molecule has 24 heavy (non-hydrogen) atoms. The summed E-state index contributed by atoms with van der Waals surface area (Å²) in [5.74, 6) is 1.59. The van der Waals surface area contributed by atoms with Gasteiger partial charge in [0.25, 0.3) is 0 Å². The van der Waals surface area contributed by atoms with E-state index in [1.54, 1.807) is 57.7 Å². The summed E-state index contributed by atoms with van der Waals surface area (Å²) in [6.45, 7) is 0. The van der Waals surface area contributed by atoms with Crippen LogP contribution in [0, 0.1) is 0 Å². The highest BCUT2D eigenvalue weighted by Crippen LogP contribution is 2.40. The zero-order valence-electron chi connectivity index (χ0n) is 13.9. The van der Waals surface area contributed by atoms with Crippen molar-refractivity contribution < 1.29 is 22.6 Å². The van der Waals surface area contributed by atoms with E-state index >= 15 is 0 Å². The lowest BCUT2D eigenvalue weighted by Crippen LogP contribution is -2.09. The smallest absolute Gasteiger partial charge is 0.229 e. The van der Waals surface area contributed by atoms with E-state index in [4.69, 9.17) is 14.2 Å². The lowest BCUT2D eigenvalue weighted by molar-refractivity contribution is 0.324. The number of ether oxygens (including phenoxy) is 3. The maximum Gasteiger partial charge on any atom is 0.229 e. The Morgan fingerprint density at radius 3 is 1.71 bits per heavy atom. The van der Waals surface area contributed by atoms with Crippen LogP contribution in [0.5, 0.6) is 17.2 Å². The Labute approximate surface area is 141 Å². The molecule has 2 aromatic carbocycles. The van der Waals surface area contributed by atoms with Gasteiger partial charge >= 0.3 is 0 Å². The van der Waals surface area contributed by atoms with Crippen LogP contribution < -0.4 is 24.2 Å². The van der Waals surface area contributed by atoms with Gasteiger partial charge in [0.05, 0.1) is 27.6 Å². The summed E-state index contributed by atoms with van der Waals surface area (Å²) in [5, 5.41) is 3.20. The predicted octanol–water partition coefficient (Wildman–Crippen LogP) is 2.83. The molecule has 2 rings (SSSR count). The highest BCUT2D eigenvalue weighted by Gasteiger charge is 2.13. The molecule has 0 heterocycles. The summed E-state index contributed by atoms with van der Waals surface area (Å²) in [6, 6.07) is 10.4. The van der Waals surface area contributed by atoms with E-state index in [0.29, 0.717) is 22.9 Å². The molecule has 0 aromatic heterocycles. The maximum atomic E-state index is 11.2. The van der Waals surface area contributed by atoms with Gasteiger partial charge in [-0.1, -0.05) is 0 Å². The molecule has 0 aliphatic carbocycles. The number of rotatable bonds is 7. The fraction of sp³-hybridized carbons (Fsp3) is 0.250. The summed E-state index contributed by atoms with van der Waals surface area (Å²) in [7, 11) is 1.35. The first kappa shape index (κ1) is 17.7. The molecule has 0 aliphatic heterocycles. The third-order valence-corrected chi connectivity index (χ3v) is 3.75. The average Bonchev–Trinajstić information content (AvgIpc) is 2.54. The van der Waals surface area contributed by atoms with Crippen molar-refractivity contribution in [2.24, 2.45) is 0 Å². The molecular formula is C16H20N2O5S. The van der Waals surface area contributed by atoms with E-state index in [2.05, 4.69) is 10.0 Å². The Hall–Kier alpha value is -2.61. The lowest BCUT2D eigenvalue weighted by Gasteiger charge is -2.15. The standard InChI is InChI=1S/C16H20N2O5S/c1-21-14-9-13(10-15(22-2)16(14)23-3)17-11-5-7-12(8-6-11)18-24(4,19)20/h5-10,17-18H,1-4H3. The summed E-state index contributed by atoms with van der Waals surface area (Å²) < 4.78 is 40.7. The van der Waals surface area contributed by atoms with Crippen molar-refractivity contribution in [2.75, 3.05) is 37.6 Å². The monoisotopic (exact) mass is 352 g/mol. The molecule has 2 N–H and O–H groups in total. The van der Waals surface area contributed by atoms with Gasteiger partial charge in [-0.25, -0.2) is 8.42 Å². The molecule has 0 spiro atoms. The van der Waals surface area contributed by atoms with Gasteiger partial charge in [-0.3, -0.25) is 4.72 Å². The second-order valence-electron chi connectivity index (χ2n) is 4.99. The number of methoxy groups -OCH3 is 3. The highest BCUT2D eigenvalue weighted by molar-refractivity contribution is 7.92. The van der Waals surface area contributed by atoms with Crippen LogP contribution in [0.25, 0.3) is 0 Å². The van der Waals surface area contributed by atoms with Crippen LogP contribution >= 0.6 is 0 Å². The molecular weight excluding hydrogens is 332 g/mol. The van der Waals surface area contributed by atoms with Crippen LogP contribution in [0.15, 0.2) is 36.4 Å². The van der Waals surface area contributed by atoms with Crippen molar-refractivity contribution in [3.63, 3.8) is 0 Å². The second-order valence-corrected chi connectivity index (χ2v) is 6.74. The van der Waals surface area contributed by atoms with E-state index in [0.717, 1.165) is 17.6 Å². The number of hydrogen-bond donors (Lipinski definition) is 2. The van der Waals surface area contributed by atoms with E-state index < -0.39 is 10.0 Å². The van der Waals surface area contributed by atoms with Gasteiger partial charge < -0.3 is 19.5 Å². The molecule has 8 heteroatoms. The Bertz CT molecular complexity index is 779. The number of hydrogen-bond acceptors (Lipinski definition) is 6. The fourth-order valence-electron chi connectivity index (χ4n) is 2.16. The molecule has 0 saturated heterocycles. The zero-order valence-corrected chi connectivity index (χ0v) is 14.7. The SMILES string of the molecule is COc1cc(Nc2ccc(NS(C)(=O)=O)cc2)cc(OC)c1OC. The van der Waals surface area contributed by atoms with Crippen molar-refractivity contribution in [3.05, 3.63) is 36.4 Å². The molecule has 0 fully saturated rings. The molecule has 0 aliphatic rings. The Balaban J connectivity index is 2.24. The van der Waals surface area contributed by atoms with Gasteiger partial charge in [0.15, 0.2) is 11.5 Å². The van der Waals surface area contributed by atoms with Crippen LogP contribution in [-0.4, -0.2) is 36.0 Å². The third-order valence-electron chi connectivity index (χ3n) is 3.14. The molecule has 0 unspecified atom stereocenters. The van der Waals surface area contributed by atoms with Crippen LogP contribution in [0.2, 0.25) is 0 Å². The summed E-state index contributed by atoms with van der Waals surface area (Å²) in [4.78, 5) is 0. The van der Waals surface area contributed by atoms with E-state index in [-0.39, 0.29) is 0 Å². The molecule has 0 amide bonds. The van der Waals surface area contributed by atoms with Crippen molar-refractivity contribution in [1.29, 1.82) is 0 Å². The average molecular weight is 352 g/mol. The van der Waals surface area contributed by atoms with Gasteiger partial charge in [0.1, 0.15) is 0 Å². The van der Waals surface area contributed by atoms with Crippen LogP contribution in [-0.2, 0) is 10.0 Å². The first-order valence-corrected chi connectivity index (χ1v) is 8.90. The largest absolute Gasteiger partial charge is 0.493 e. The Morgan fingerprint density at radius 1 is 0.792 bits per heavy atom. The maximum absolute atomic E-state index is 11.2. The Morgan fingerprint density at radius 2 is 1.29 bits per heavy atom. The van der Waals surface area contributed by atoms with Crippen molar-refractivity contribution in [2.45, 2.75) is 0 Å². The zero-order chi connectivity index (χ0) is 17.7. The summed E-state index contributed by atoms with van der Waals surface area (Å²) in [5.41, 5.74) is 2.02. The van der Waals surface area contributed by atoms with E-state index in [1.807, 2.05) is 0 Å². The van der Waals surface area contributed by atoms with Crippen molar-refractivity contribution in [1.82, 2.24) is 0 Å². The first-order chi connectivity index (χ1) is 11.4. The topological polar surface area (TPSA) is 85.9 Å². The van der Waals surface area contributed by atoms with Gasteiger partial charge in [-0.05, 0) is 24.3 Å². The second kappa shape index (κ2) is 7.31. The molecule has 7 nitrogen and oxygen atoms in total. The van der Waals surface area contributed by atoms with Gasteiger partial charge in [-0.2, -0.15) is 0 Å². The van der Waals surface area contributed by atoms with E-state index in [1.165, 1.54) is 0 Å². The Kier molecular flexibility index (Phi) is 5.40. The number of sulfonamides is 1. The van der Waals surface area contributed by atoms with Crippen LogP contribution in [0.1, 0.15) is 0 Å². The van der Waals surface area contributed by atoms with Gasteiger partial charge in [-0.15, -0.1) is 0 Å². The summed E-state index contributed by atoms with van der Waals surface area (Å²) in [6.07, 6.45) is 1.11. The minimum Gasteiger partial charge on any atom is -0.493 e. The predicted molar refractivity (Wildman–Crippen MR) is 94.3 cm³/mol. The number of anilines is 3. The van der Waals surface area contributed by atoms with Gasteiger partial charge in [0.2, 0.25) is 15.8 Å². The van der Waals surface area contributed by atoms with Gasteiger partial charge in [0, 0.05) is 29.2 Å². The van der Waals surface area contributed by atoms with Crippen molar-refractivity contribution in [3.8, 4) is 17.2 Å². The molecule has 0 bridgehead atoms. The quantitative estimate of drug-likeness (QED) is 0.797. The molecule has 130 valence electrons. The molecule has 2 aromatic rings. The highest BCUT2D eigenvalue weighted by atomic mass is 32.2. The first-order valence-electron chi connectivity index (χ1n) is 7.01.